The number of rotatable bonds is 4. The van der Waals surface area contributed by atoms with E-state index in [0.29, 0.717) is 0 Å². The zero-order valence-corrected chi connectivity index (χ0v) is 7.88. The number of hydrogen-bond acceptors (Lipinski definition) is 6. The topological polar surface area (TPSA) is 85.7 Å². The molecule has 0 rings (SSSR count). The summed E-state index contributed by atoms with van der Waals surface area (Å²) in [6.07, 6.45) is 0. The normalized spacial score (nSPS) is 10.9. The third-order valence-corrected chi connectivity index (χ3v) is 2.83. The van der Waals surface area contributed by atoms with Gasteiger partial charge in [0.25, 0.3) is 0 Å². The van der Waals surface area contributed by atoms with Gasteiger partial charge in [-0.3, -0.25) is 9.97 Å². The van der Waals surface area contributed by atoms with Crippen LogP contribution >= 0.6 is 7.60 Å². The monoisotopic (exact) mass is 195 g/mol. The number of methoxy groups -OCH3 is 1. The zero-order valence-electron chi connectivity index (χ0n) is 6.99. The van der Waals surface area contributed by atoms with Crippen LogP contribution in [0.4, 0.5) is 0 Å². The van der Waals surface area contributed by atoms with E-state index in [-0.39, 0.29) is 0 Å². The lowest BCUT2D eigenvalue weighted by Crippen LogP contribution is -2.16. The largest absolute Gasteiger partial charge is 0.464 e. The molecule has 0 fully saturated rings. The van der Waals surface area contributed by atoms with Crippen molar-refractivity contribution in [3.8, 4) is 0 Å². The number of nitrogens with one attached hydrogen (secondary N) is 1. The number of hydrogen-bond donors (Lipinski definition) is 1. The van der Waals surface area contributed by atoms with Gasteiger partial charge in [0.15, 0.2) is 0 Å². The van der Waals surface area contributed by atoms with Gasteiger partial charge >= 0.3 is 13.6 Å². The second kappa shape index (κ2) is 4.35. The lowest BCUT2D eigenvalue weighted by Gasteiger charge is -2.11. The Morgan fingerprint density at radius 2 is 1.67 bits per heavy atom. The summed E-state index contributed by atoms with van der Waals surface area (Å²) in [5.41, 5.74) is -0.810. The van der Waals surface area contributed by atoms with Crippen LogP contribution in [0.1, 0.15) is 0 Å². The van der Waals surface area contributed by atoms with Crippen molar-refractivity contribution < 1.29 is 23.1 Å². The minimum atomic E-state index is -3.74. The van der Waals surface area contributed by atoms with Crippen LogP contribution in [0.15, 0.2) is 0 Å². The van der Waals surface area contributed by atoms with E-state index in [0.717, 1.165) is 21.3 Å². The standard InChI is InChI=1S/C5H10NO5P/c1-9-5(7)4(6)12(8,10-2)11-3/h6H,1-3H3. The fourth-order valence-electron chi connectivity index (χ4n) is 0.466. The average Bonchev–Trinajstić information content (AvgIpc) is 2.14. The lowest BCUT2D eigenvalue weighted by molar-refractivity contribution is -0.132. The molecule has 0 aromatic heterocycles. The van der Waals surface area contributed by atoms with Gasteiger partial charge in [0.1, 0.15) is 0 Å². The van der Waals surface area contributed by atoms with Crippen LogP contribution in [-0.4, -0.2) is 32.8 Å². The first-order chi connectivity index (χ1) is 5.51. The van der Waals surface area contributed by atoms with Gasteiger partial charge in [-0.05, 0) is 0 Å². The smallest absolute Gasteiger partial charge is 0.385 e. The predicted octanol–water partition coefficient (Wildman–Crippen LogP) is 0.623. The van der Waals surface area contributed by atoms with E-state index in [1.54, 1.807) is 0 Å². The van der Waals surface area contributed by atoms with Gasteiger partial charge in [0.2, 0.25) is 5.45 Å². The van der Waals surface area contributed by atoms with Crippen molar-refractivity contribution in [2.45, 2.75) is 0 Å². The number of esters is 1. The predicted molar refractivity (Wildman–Crippen MR) is 41.4 cm³/mol. The summed E-state index contributed by atoms with van der Waals surface area (Å²) >= 11 is 0. The molecule has 0 unspecified atom stereocenters. The van der Waals surface area contributed by atoms with Crippen molar-refractivity contribution in [3.05, 3.63) is 0 Å². The molecule has 7 heteroatoms. The minimum Gasteiger partial charge on any atom is -0.464 e. The molecule has 0 aliphatic carbocycles. The van der Waals surface area contributed by atoms with E-state index in [4.69, 9.17) is 5.41 Å². The Hall–Kier alpha value is -0.710. The van der Waals surface area contributed by atoms with E-state index in [9.17, 15) is 9.36 Å². The van der Waals surface area contributed by atoms with Crippen LogP contribution in [0.2, 0.25) is 0 Å². The molecule has 0 atom stereocenters. The van der Waals surface area contributed by atoms with Crippen LogP contribution in [0, 0.1) is 5.41 Å². The third kappa shape index (κ3) is 2.14. The highest BCUT2D eigenvalue weighted by Gasteiger charge is 2.34. The summed E-state index contributed by atoms with van der Waals surface area (Å²) in [7, 11) is -0.490. The number of ether oxygens (including phenoxy) is 1. The maximum absolute atomic E-state index is 11.3. The van der Waals surface area contributed by atoms with Crippen molar-refractivity contribution >= 4 is 19.0 Å². The molecule has 1 N–H and O–H groups in total. The summed E-state index contributed by atoms with van der Waals surface area (Å²) in [5, 5.41) is 7.06. The van der Waals surface area contributed by atoms with Crippen LogP contribution in [0.3, 0.4) is 0 Å². The molecule has 0 saturated carbocycles. The van der Waals surface area contributed by atoms with Crippen LogP contribution in [0.5, 0.6) is 0 Å². The van der Waals surface area contributed by atoms with Crippen LogP contribution in [0.25, 0.3) is 0 Å². The van der Waals surface area contributed by atoms with Gasteiger partial charge < -0.3 is 13.8 Å². The summed E-state index contributed by atoms with van der Waals surface area (Å²) in [6.45, 7) is 0. The molecule has 0 aromatic rings. The quantitative estimate of drug-likeness (QED) is 0.403. The van der Waals surface area contributed by atoms with E-state index < -0.39 is 19.0 Å². The Bertz CT molecular complexity index is 230. The molecular weight excluding hydrogens is 185 g/mol. The Morgan fingerprint density at radius 3 is 1.92 bits per heavy atom. The number of carbonyl (C=O) groups excluding carboxylic acids is 1. The molecule has 0 radical (unpaired) electrons. The fourth-order valence-corrected chi connectivity index (χ4v) is 1.29. The van der Waals surface area contributed by atoms with E-state index in [2.05, 4.69) is 13.8 Å². The summed E-state index contributed by atoms with van der Waals surface area (Å²) in [4.78, 5) is 10.7. The molecule has 0 heterocycles. The highest BCUT2D eigenvalue weighted by Crippen LogP contribution is 2.47. The molecule has 0 amide bonds. The first-order valence-electron chi connectivity index (χ1n) is 2.90. The Morgan fingerprint density at radius 1 is 1.25 bits per heavy atom. The van der Waals surface area contributed by atoms with Crippen molar-refractivity contribution in [2.75, 3.05) is 21.3 Å². The molecule has 0 aliphatic heterocycles. The maximum atomic E-state index is 11.3. The Balaban J connectivity index is 4.66. The summed E-state index contributed by atoms with van der Waals surface area (Å²) < 4.78 is 24.2. The molecule has 0 aromatic carbocycles. The molecule has 0 spiro atoms. The van der Waals surface area contributed by atoms with E-state index >= 15 is 0 Å². The van der Waals surface area contributed by atoms with Gasteiger partial charge in [0, 0.05) is 14.2 Å². The third-order valence-electron chi connectivity index (χ3n) is 1.13. The van der Waals surface area contributed by atoms with Gasteiger partial charge in [-0.1, -0.05) is 0 Å². The van der Waals surface area contributed by atoms with Crippen molar-refractivity contribution in [2.24, 2.45) is 0 Å². The zero-order chi connectivity index (χ0) is 9.78. The molecule has 0 saturated heterocycles. The first-order valence-corrected chi connectivity index (χ1v) is 4.45. The van der Waals surface area contributed by atoms with Crippen LogP contribution in [-0.2, 0) is 23.1 Å². The van der Waals surface area contributed by atoms with Crippen LogP contribution < -0.4 is 0 Å². The van der Waals surface area contributed by atoms with E-state index in [1.165, 1.54) is 0 Å². The minimum absolute atomic E-state index is 0.810. The van der Waals surface area contributed by atoms with E-state index in [1.807, 2.05) is 0 Å². The molecule has 0 aliphatic rings. The lowest BCUT2D eigenvalue weighted by atomic mass is 10.7. The second-order valence-corrected chi connectivity index (χ2v) is 3.88. The van der Waals surface area contributed by atoms with Gasteiger partial charge in [0.05, 0.1) is 7.11 Å². The molecule has 0 bridgehead atoms. The first kappa shape index (κ1) is 11.3. The van der Waals surface area contributed by atoms with Crippen molar-refractivity contribution in [3.63, 3.8) is 0 Å². The van der Waals surface area contributed by atoms with Gasteiger partial charge in [-0.2, -0.15) is 0 Å². The SMILES string of the molecule is COC(=O)C(=N)P(=O)(OC)OC. The summed E-state index contributed by atoms with van der Waals surface area (Å²) in [6, 6.07) is 0. The highest BCUT2D eigenvalue weighted by atomic mass is 31.2. The molecule has 12 heavy (non-hydrogen) atoms. The molecule has 70 valence electrons. The number of carbonyl (C=O) groups is 1. The maximum Gasteiger partial charge on any atom is 0.385 e. The Kier molecular flexibility index (Phi) is 4.09. The fraction of sp³-hybridized carbons (Fsp3) is 0.600. The molecular formula is C5H10NO5P. The van der Waals surface area contributed by atoms with Crippen molar-refractivity contribution in [1.82, 2.24) is 0 Å². The molecule has 6 nitrogen and oxygen atoms in total. The second-order valence-electron chi connectivity index (χ2n) is 1.70. The highest BCUT2D eigenvalue weighted by molar-refractivity contribution is 7.75. The van der Waals surface area contributed by atoms with Crippen molar-refractivity contribution in [1.29, 1.82) is 5.41 Å². The summed E-state index contributed by atoms with van der Waals surface area (Å²) in [5.74, 6) is -1.03. The van der Waals surface area contributed by atoms with Gasteiger partial charge in [-0.15, -0.1) is 0 Å². The Labute approximate surface area is 69.8 Å². The average molecular weight is 195 g/mol. The van der Waals surface area contributed by atoms with Gasteiger partial charge in [-0.25, -0.2) is 4.79 Å².